The lowest BCUT2D eigenvalue weighted by Crippen LogP contribution is -2.22. The van der Waals surface area contributed by atoms with Crippen LogP contribution in [-0.2, 0) is 6.54 Å². The van der Waals surface area contributed by atoms with Crippen molar-refractivity contribution >= 4 is 11.6 Å². The lowest BCUT2D eigenvalue weighted by Gasteiger charge is -2.21. The van der Waals surface area contributed by atoms with Crippen LogP contribution >= 0.6 is 11.6 Å². The van der Waals surface area contributed by atoms with Crippen molar-refractivity contribution in [1.29, 1.82) is 0 Å². The first-order valence-electron chi connectivity index (χ1n) is 5.39. The number of hydrogen-bond donors (Lipinski definition) is 1. The summed E-state index contributed by atoms with van der Waals surface area (Å²) in [6, 6.07) is 2.01. The molecule has 6 heteroatoms. The molecule has 5 nitrogen and oxygen atoms in total. The third-order valence-electron chi connectivity index (χ3n) is 2.89. The molecule has 0 unspecified atom stereocenters. The van der Waals surface area contributed by atoms with E-state index < -0.39 is 0 Å². The minimum atomic E-state index is 0.154. The summed E-state index contributed by atoms with van der Waals surface area (Å²) in [5, 5.41) is 11.7. The van der Waals surface area contributed by atoms with Gasteiger partial charge >= 0.3 is 0 Å². The van der Waals surface area contributed by atoms with Crippen LogP contribution in [0.15, 0.2) is 16.9 Å². The van der Waals surface area contributed by atoms with Crippen LogP contribution in [0.25, 0.3) is 0 Å². The Bertz CT molecular complexity index is 480. The van der Waals surface area contributed by atoms with E-state index in [1.807, 2.05) is 20.0 Å². The number of hydrogen-bond acceptors (Lipinski definition) is 4. The Kier molecular flexibility index (Phi) is 3.49. The Morgan fingerprint density at radius 3 is 2.88 bits per heavy atom. The second-order valence-corrected chi connectivity index (χ2v) is 4.50. The molecule has 2 rings (SSSR count). The van der Waals surface area contributed by atoms with Crippen LogP contribution in [0, 0.1) is 6.92 Å². The maximum atomic E-state index is 6.13. The second-order valence-electron chi connectivity index (χ2n) is 4.12. The lowest BCUT2D eigenvalue weighted by atomic mass is 10.2. The number of rotatable bonds is 4. The SMILES string of the molecule is Cc1[nH]nc(CN(C)[C@H](C)c2ccon2)c1Cl. The van der Waals surface area contributed by atoms with Gasteiger partial charge in [-0.3, -0.25) is 10.00 Å². The van der Waals surface area contributed by atoms with Gasteiger partial charge in [-0.2, -0.15) is 5.10 Å². The molecule has 0 bridgehead atoms. The van der Waals surface area contributed by atoms with E-state index in [9.17, 15) is 0 Å². The van der Waals surface area contributed by atoms with E-state index in [0.717, 1.165) is 17.1 Å². The van der Waals surface area contributed by atoms with Crippen LogP contribution in [0.2, 0.25) is 5.02 Å². The van der Waals surface area contributed by atoms with Gasteiger partial charge in [0.15, 0.2) is 0 Å². The number of halogens is 1. The normalized spacial score (nSPS) is 13.2. The summed E-state index contributed by atoms with van der Waals surface area (Å²) in [4.78, 5) is 2.11. The zero-order chi connectivity index (χ0) is 12.4. The van der Waals surface area contributed by atoms with Crippen LogP contribution in [0.5, 0.6) is 0 Å². The maximum Gasteiger partial charge on any atom is 0.124 e. The average Bonchev–Trinajstić information content (AvgIpc) is 2.93. The molecule has 0 aliphatic rings. The van der Waals surface area contributed by atoms with Gasteiger partial charge in [-0.1, -0.05) is 16.8 Å². The highest BCUT2D eigenvalue weighted by atomic mass is 35.5. The molecule has 0 aromatic carbocycles. The molecular weight excluding hydrogens is 240 g/mol. The van der Waals surface area contributed by atoms with Gasteiger partial charge in [0, 0.05) is 12.6 Å². The van der Waals surface area contributed by atoms with Crippen LogP contribution in [-0.4, -0.2) is 27.3 Å². The summed E-state index contributed by atoms with van der Waals surface area (Å²) in [6.45, 7) is 4.63. The number of nitrogens with one attached hydrogen (secondary N) is 1. The van der Waals surface area contributed by atoms with Gasteiger partial charge in [0.2, 0.25) is 0 Å². The predicted molar refractivity (Wildman–Crippen MR) is 64.7 cm³/mol. The molecule has 1 atom stereocenters. The molecule has 0 saturated carbocycles. The maximum absolute atomic E-state index is 6.13. The number of aromatic amines is 1. The van der Waals surface area contributed by atoms with Gasteiger partial charge in [-0.25, -0.2) is 0 Å². The van der Waals surface area contributed by atoms with Crippen molar-refractivity contribution in [2.24, 2.45) is 0 Å². The highest BCUT2D eigenvalue weighted by molar-refractivity contribution is 6.31. The van der Waals surface area contributed by atoms with E-state index in [4.69, 9.17) is 16.1 Å². The standard InChI is InChI=1S/C11H15ClN4O/c1-7-11(12)10(14-13-7)6-16(3)8(2)9-4-5-17-15-9/h4-5,8H,6H2,1-3H3,(H,13,14)/t8-/m1/s1. The van der Waals surface area contributed by atoms with Crippen LogP contribution < -0.4 is 0 Å². The Labute approximate surface area is 105 Å². The van der Waals surface area contributed by atoms with Crippen molar-refractivity contribution < 1.29 is 4.52 Å². The molecule has 0 amide bonds. The fourth-order valence-corrected chi connectivity index (χ4v) is 1.75. The molecule has 0 radical (unpaired) electrons. The van der Waals surface area contributed by atoms with Gasteiger partial charge in [0.05, 0.1) is 22.5 Å². The average molecular weight is 255 g/mol. The summed E-state index contributed by atoms with van der Waals surface area (Å²) in [6.07, 6.45) is 1.57. The first-order valence-corrected chi connectivity index (χ1v) is 5.77. The second kappa shape index (κ2) is 4.89. The molecular formula is C11H15ClN4O. The quantitative estimate of drug-likeness (QED) is 0.911. The summed E-state index contributed by atoms with van der Waals surface area (Å²) in [5.41, 5.74) is 2.64. The fraction of sp³-hybridized carbons (Fsp3) is 0.455. The molecule has 17 heavy (non-hydrogen) atoms. The van der Waals surface area contributed by atoms with E-state index in [-0.39, 0.29) is 6.04 Å². The van der Waals surface area contributed by atoms with E-state index in [1.165, 1.54) is 0 Å². The van der Waals surface area contributed by atoms with Gasteiger partial charge < -0.3 is 4.52 Å². The Morgan fingerprint density at radius 2 is 2.35 bits per heavy atom. The third-order valence-corrected chi connectivity index (χ3v) is 3.39. The van der Waals surface area contributed by atoms with Gasteiger partial charge in [-0.05, 0) is 20.9 Å². The lowest BCUT2D eigenvalue weighted by molar-refractivity contribution is 0.238. The first kappa shape index (κ1) is 12.1. The van der Waals surface area contributed by atoms with E-state index in [2.05, 4.69) is 27.2 Å². The van der Waals surface area contributed by atoms with E-state index in [1.54, 1.807) is 6.26 Å². The topological polar surface area (TPSA) is 58.0 Å². The zero-order valence-corrected chi connectivity index (χ0v) is 10.8. The van der Waals surface area contributed by atoms with E-state index in [0.29, 0.717) is 11.6 Å². The van der Waals surface area contributed by atoms with Crippen molar-refractivity contribution in [2.75, 3.05) is 7.05 Å². The first-order chi connectivity index (χ1) is 8.09. The highest BCUT2D eigenvalue weighted by Gasteiger charge is 2.17. The molecule has 2 heterocycles. The van der Waals surface area contributed by atoms with E-state index >= 15 is 0 Å². The van der Waals surface area contributed by atoms with Crippen molar-refractivity contribution in [3.63, 3.8) is 0 Å². The summed E-state index contributed by atoms with van der Waals surface area (Å²) in [5.74, 6) is 0. The van der Waals surface area contributed by atoms with Crippen molar-refractivity contribution in [3.05, 3.63) is 34.4 Å². The summed E-state index contributed by atoms with van der Waals surface area (Å²) in [7, 11) is 2.00. The molecule has 0 saturated heterocycles. The van der Waals surface area contributed by atoms with Crippen molar-refractivity contribution in [3.8, 4) is 0 Å². The molecule has 2 aromatic heterocycles. The number of H-pyrrole nitrogens is 1. The van der Waals surface area contributed by atoms with Gasteiger partial charge in [0.1, 0.15) is 12.0 Å². The molecule has 0 aliphatic heterocycles. The highest BCUT2D eigenvalue weighted by Crippen LogP contribution is 2.23. The van der Waals surface area contributed by atoms with Gasteiger partial charge in [0.25, 0.3) is 0 Å². The number of aromatic nitrogens is 3. The zero-order valence-electron chi connectivity index (χ0n) is 10.1. The summed E-state index contributed by atoms with van der Waals surface area (Å²) < 4.78 is 4.84. The molecule has 0 aliphatic carbocycles. The largest absolute Gasteiger partial charge is 0.364 e. The minimum absolute atomic E-state index is 0.154. The Morgan fingerprint density at radius 1 is 1.59 bits per heavy atom. The Hall–Kier alpha value is -1.33. The number of aryl methyl sites for hydroxylation is 1. The molecule has 92 valence electrons. The van der Waals surface area contributed by atoms with Crippen molar-refractivity contribution in [2.45, 2.75) is 26.4 Å². The van der Waals surface area contributed by atoms with Crippen LogP contribution in [0.4, 0.5) is 0 Å². The molecule has 0 spiro atoms. The van der Waals surface area contributed by atoms with Crippen LogP contribution in [0.1, 0.15) is 30.0 Å². The van der Waals surface area contributed by atoms with Gasteiger partial charge in [-0.15, -0.1) is 0 Å². The molecule has 2 aromatic rings. The van der Waals surface area contributed by atoms with Crippen LogP contribution in [0.3, 0.4) is 0 Å². The number of nitrogens with zero attached hydrogens (tertiary/aromatic N) is 3. The minimum Gasteiger partial charge on any atom is -0.364 e. The smallest absolute Gasteiger partial charge is 0.124 e. The third kappa shape index (κ3) is 2.50. The van der Waals surface area contributed by atoms with Crippen molar-refractivity contribution in [1.82, 2.24) is 20.3 Å². The monoisotopic (exact) mass is 254 g/mol. The fourth-order valence-electron chi connectivity index (χ4n) is 1.61. The Balaban J connectivity index is 2.07. The summed E-state index contributed by atoms with van der Waals surface area (Å²) >= 11 is 6.13. The predicted octanol–water partition coefficient (Wildman–Crippen LogP) is 2.55. The molecule has 1 N–H and O–H groups in total. The molecule has 0 fully saturated rings.